The van der Waals surface area contributed by atoms with Crippen LogP contribution < -0.4 is 5.73 Å². The summed E-state index contributed by atoms with van der Waals surface area (Å²) in [5.74, 6) is 0. The van der Waals surface area contributed by atoms with Crippen molar-refractivity contribution in [1.82, 2.24) is 14.8 Å². The molecule has 3 rings (SSSR count). The largest absolute Gasteiger partial charge is 0.325 e. The number of benzene rings is 1. The fourth-order valence-corrected chi connectivity index (χ4v) is 1.90. The maximum Gasteiger partial charge on any atom is 0.0764 e. The van der Waals surface area contributed by atoms with Gasteiger partial charge in [0.05, 0.1) is 11.4 Å². The van der Waals surface area contributed by atoms with Crippen LogP contribution in [0, 0.1) is 0 Å². The van der Waals surface area contributed by atoms with Gasteiger partial charge in [-0.3, -0.25) is 4.98 Å². The molecule has 4 nitrogen and oxygen atoms in total. The predicted octanol–water partition coefficient (Wildman–Crippen LogP) is 1.88. The number of pyridine rings is 1. The van der Waals surface area contributed by atoms with E-state index in [9.17, 15) is 0 Å². The summed E-state index contributed by atoms with van der Waals surface area (Å²) >= 11 is 0. The third-order valence-electron chi connectivity index (χ3n) is 2.76. The highest BCUT2D eigenvalue weighted by molar-refractivity contribution is 5.89. The highest BCUT2D eigenvalue weighted by atomic mass is 15.3. The number of hydrogen-bond acceptors (Lipinski definition) is 3. The number of fused-ring (bicyclic) bond motifs is 1. The van der Waals surface area contributed by atoms with Crippen molar-refractivity contribution in [2.45, 2.75) is 6.54 Å². The van der Waals surface area contributed by atoms with Crippen molar-refractivity contribution < 1.29 is 0 Å². The van der Waals surface area contributed by atoms with Gasteiger partial charge in [-0.1, -0.05) is 12.1 Å². The Balaban J connectivity index is 2.23. The third-order valence-corrected chi connectivity index (χ3v) is 2.76. The molecule has 0 amide bonds. The highest BCUT2D eigenvalue weighted by Crippen LogP contribution is 2.20. The SMILES string of the molecule is NCc1ccn(-c2cccc3ccncc23)n1. The van der Waals surface area contributed by atoms with Crippen molar-refractivity contribution in [2.75, 3.05) is 0 Å². The zero-order valence-corrected chi connectivity index (χ0v) is 9.24. The van der Waals surface area contributed by atoms with Crippen LogP contribution in [0.15, 0.2) is 48.9 Å². The van der Waals surface area contributed by atoms with Crippen molar-refractivity contribution in [3.05, 3.63) is 54.6 Å². The van der Waals surface area contributed by atoms with Crippen molar-refractivity contribution in [1.29, 1.82) is 0 Å². The van der Waals surface area contributed by atoms with Crippen LogP contribution in [0.2, 0.25) is 0 Å². The summed E-state index contributed by atoms with van der Waals surface area (Å²) in [4.78, 5) is 4.16. The predicted molar refractivity (Wildman–Crippen MR) is 66.8 cm³/mol. The van der Waals surface area contributed by atoms with Gasteiger partial charge < -0.3 is 5.73 Å². The van der Waals surface area contributed by atoms with Gasteiger partial charge in [0.25, 0.3) is 0 Å². The lowest BCUT2D eigenvalue weighted by molar-refractivity contribution is 0.838. The smallest absolute Gasteiger partial charge is 0.0764 e. The zero-order chi connectivity index (χ0) is 11.7. The molecule has 2 aromatic heterocycles. The minimum atomic E-state index is 0.454. The molecule has 0 fully saturated rings. The van der Waals surface area contributed by atoms with E-state index in [1.165, 1.54) is 0 Å². The monoisotopic (exact) mass is 224 g/mol. The fourth-order valence-electron chi connectivity index (χ4n) is 1.90. The van der Waals surface area contributed by atoms with Crippen molar-refractivity contribution in [3.8, 4) is 5.69 Å². The number of rotatable bonds is 2. The Morgan fingerprint density at radius 2 is 2.12 bits per heavy atom. The number of hydrogen-bond donors (Lipinski definition) is 1. The zero-order valence-electron chi connectivity index (χ0n) is 9.24. The summed E-state index contributed by atoms with van der Waals surface area (Å²) in [5, 5.41) is 6.65. The van der Waals surface area contributed by atoms with Gasteiger partial charge in [0.2, 0.25) is 0 Å². The quantitative estimate of drug-likeness (QED) is 0.723. The second-order valence-electron chi connectivity index (χ2n) is 3.83. The second kappa shape index (κ2) is 3.99. The van der Waals surface area contributed by atoms with E-state index >= 15 is 0 Å². The van der Waals surface area contributed by atoms with Crippen LogP contribution in [-0.4, -0.2) is 14.8 Å². The van der Waals surface area contributed by atoms with Gasteiger partial charge in [0, 0.05) is 30.5 Å². The minimum absolute atomic E-state index is 0.454. The van der Waals surface area contributed by atoms with E-state index in [2.05, 4.69) is 16.1 Å². The highest BCUT2D eigenvalue weighted by Gasteiger charge is 2.04. The van der Waals surface area contributed by atoms with Gasteiger partial charge in [0.15, 0.2) is 0 Å². The molecule has 3 aromatic rings. The van der Waals surface area contributed by atoms with Gasteiger partial charge in [-0.2, -0.15) is 5.10 Å². The van der Waals surface area contributed by atoms with E-state index in [0.29, 0.717) is 6.54 Å². The number of nitrogens with zero attached hydrogens (tertiary/aromatic N) is 3. The lowest BCUT2D eigenvalue weighted by atomic mass is 10.1. The molecule has 0 saturated heterocycles. The van der Waals surface area contributed by atoms with E-state index in [4.69, 9.17) is 5.73 Å². The molecule has 0 spiro atoms. The van der Waals surface area contributed by atoms with E-state index < -0.39 is 0 Å². The molecule has 1 aromatic carbocycles. The maximum atomic E-state index is 5.57. The Morgan fingerprint density at radius 1 is 1.18 bits per heavy atom. The molecule has 0 unspecified atom stereocenters. The first-order chi connectivity index (χ1) is 8.38. The maximum absolute atomic E-state index is 5.57. The first kappa shape index (κ1) is 9.99. The molecule has 4 heteroatoms. The van der Waals surface area contributed by atoms with E-state index in [1.807, 2.05) is 41.3 Å². The molecule has 17 heavy (non-hydrogen) atoms. The molecule has 0 aliphatic carbocycles. The standard InChI is InChI=1S/C13H12N4/c14-8-11-5-7-17(16-11)13-3-1-2-10-4-6-15-9-12(10)13/h1-7,9H,8,14H2. The first-order valence-corrected chi connectivity index (χ1v) is 5.46. The Labute approximate surface area is 98.7 Å². The molecular weight excluding hydrogens is 212 g/mol. The Morgan fingerprint density at radius 3 is 2.94 bits per heavy atom. The van der Waals surface area contributed by atoms with E-state index in [0.717, 1.165) is 22.2 Å². The molecular formula is C13H12N4. The topological polar surface area (TPSA) is 56.7 Å². The normalized spacial score (nSPS) is 10.9. The molecule has 2 heterocycles. The fraction of sp³-hybridized carbons (Fsp3) is 0.0769. The average molecular weight is 224 g/mol. The van der Waals surface area contributed by atoms with Crippen LogP contribution >= 0.6 is 0 Å². The summed E-state index contributed by atoms with van der Waals surface area (Å²) in [6, 6.07) is 10.0. The van der Waals surface area contributed by atoms with Crippen LogP contribution in [0.25, 0.3) is 16.5 Å². The molecule has 0 saturated carbocycles. The average Bonchev–Trinajstić information content (AvgIpc) is 2.87. The number of nitrogens with two attached hydrogens (primary N) is 1. The van der Waals surface area contributed by atoms with Crippen molar-refractivity contribution in [2.24, 2.45) is 5.73 Å². The first-order valence-electron chi connectivity index (χ1n) is 5.46. The minimum Gasteiger partial charge on any atom is -0.325 e. The third kappa shape index (κ3) is 1.68. The molecule has 0 aliphatic rings. The van der Waals surface area contributed by atoms with Crippen molar-refractivity contribution in [3.63, 3.8) is 0 Å². The van der Waals surface area contributed by atoms with Gasteiger partial charge >= 0.3 is 0 Å². The van der Waals surface area contributed by atoms with Gasteiger partial charge in [0.1, 0.15) is 0 Å². The molecule has 0 aliphatic heterocycles. The van der Waals surface area contributed by atoms with E-state index in [1.54, 1.807) is 6.20 Å². The summed E-state index contributed by atoms with van der Waals surface area (Å²) < 4.78 is 1.84. The Kier molecular flexibility index (Phi) is 2.34. The van der Waals surface area contributed by atoms with Crippen LogP contribution in [-0.2, 0) is 6.54 Å². The Bertz CT molecular complexity index is 652. The van der Waals surface area contributed by atoms with Crippen LogP contribution in [0.1, 0.15) is 5.69 Å². The van der Waals surface area contributed by atoms with Gasteiger partial charge in [-0.15, -0.1) is 0 Å². The summed E-state index contributed by atoms with van der Waals surface area (Å²) in [6.45, 7) is 0.454. The lowest BCUT2D eigenvalue weighted by Gasteiger charge is -2.05. The summed E-state index contributed by atoms with van der Waals surface area (Å²) in [6.07, 6.45) is 5.57. The van der Waals surface area contributed by atoms with Crippen LogP contribution in [0.5, 0.6) is 0 Å². The van der Waals surface area contributed by atoms with Crippen molar-refractivity contribution >= 4 is 10.8 Å². The van der Waals surface area contributed by atoms with E-state index in [-0.39, 0.29) is 0 Å². The number of aromatic nitrogens is 3. The van der Waals surface area contributed by atoms with Gasteiger partial charge in [-0.25, -0.2) is 4.68 Å². The molecule has 0 atom stereocenters. The summed E-state index contributed by atoms with van der Waals surface area (Å²) in [5.41, 5.74) is 7.47. The molecule has 0 radical (unpaired) electrons. The summed E-state index contributed by atoms with van der Waals surface area (Å²) in [7, 11) is 0. The van der Waals surface area contributed by atoms with Crippen LogP contribution in [0.3, 0.4) is 0 Å². The molecule has 0 bridgehead atoms. The molecule has 2 N–H and O–H groups in total. The Hall–Kier alpha value is -2.20. The molecule has 84 valence electrons. The van der Waals surface area contributed by atoms with Gasteiger partial charge in [-0.05, 0) is 23.6 Å². The lowest BCUT2D eigenvalue weighted by Crippen LogP contribution is -2.00. The van der Waals surface area contributed by atoms with Crippen LogP contribution in [0.4, 0.5) is 0 Å². The second-order valence-corrected chi connectivity index (χ2v) is 3.83.